The Labute approximate surface area is 108 Å². The molecule has 0 spiro atoms. The van der Waals surface area contributed by atoms with E-state index in [0.717, 1.165) is 30.8 Å². The molecule has 0 saturated heterocycles. The predicted octanol–water partition coefficient (Wildman–Crippen LogP) is 3.15. The van der Waals surface area contributed by atoms with Crippen molar-refractivity contribution in [3.63, 3.8) is 0 Å². The van der Waals surface area contributed by atoms with E-state index in [1.54, 1.807) is 0 Å². The monoisotopic (exact) mass is 253 g/mol. The first-order valence-electron chi connectivity index (χ1n) is 6.33. The van der Waals surface area contributed by atoms with Crippen molar-refractivity contribution in [2.45, 2.75) is 38.3 Å². The summed E-state index contributed by atoms with van der Waals surface area (Å²) in [5.41, 5.74) is 1.20. The van der Waals surface area contributed by atoms with Crippen LogP contribution in [0.1, 0.15) is 37.8 Å². The molecule has 3 heteroatoms. The summed E-state index contributed by atoms with van der Waals surface area (Å²) < 4.78 is 0. The van der Waals surface area contributed by atoms with Crippen LogP contribution >= 0.6 is 11.6 Å². The average molecular weight is 254 g/mol. The SMILES string of the molecule is CC(NCC1CCCC1O)c1cccc(Cl)c1. The van der Waals surface area contributed by atoms with Crippen molar-refractivity contribution in [1.82, 2.24) is 5.32 Å². The van der Waals surface area contributed by atoms with Crippen molar-refractivity contribution in [3.05, 3.63) is 34.9 Å². The zero-order valence-electron chi connectivity index (χ0n) is 10.2. The Morgan fingerprint density at radius 2 is 2.29 bits per heavy atom. The number of nitrogens with one attached hydrogen (secondary N) is 1. The number of hydrogen-bond donors (Lipinski definition) is 2. The number of aliphatic hydroxyl groups is 1. The van der Waals surface area contributed by atoms with E-state index < -0.39 is 0 Å². The van der Waals surface area contributed by atoms with Gasteiger partial charge in [-0.15, -0.1) is 0 Å². The Hall–Kier alpha value is -0.570. The number of aliphatic hydroxyl groups excluding tert-OH is 1. The maximum atomic E-state index is 9.76. The van der Waals surface area contributed by atoms with Crippen LogP contribution in [0.5, 0.6) is 0 Å². The van der Waals surface area contributed by atoms with Crippen molar-refractivity contribution >= 4 is 11.6 Å². The first-order chi connectivity index (χ1) is 8.16. The smallest absolute Gasteiger partial charge is 0.0580 e. The summed E-state index contributed by atoms with van der Waals surface area (Å²) in [4.78, 5) is 0. The molecule has 1 saturated carbocycles. The molecule has 1 aliphatic carbocycles. The summed E-state index contributed by atoms with van der Waals surface area (Å²) in [6.45, 7) is 3.02. The second kappa shape index (κ2) is 5.85. The molecule has 94 valence electrons. The summed E-state index contributed by atoms with van der Waals surface area (Å²) in [6, 6.07) is 8.21. The molecule has 0 aromatic heterocycles. The van der Waals surface area contributed by atoms with Gasteiger partial charge in [0.2, 0.25) is 0 Å². The fraction of sp³-hybridized carbons (Fsp3) is 0.571. The van der Waals surface area contributed by atoms with Crippen molar-refractivity contribution in [3.8, 4) is 0 Å². The van der Waals surface area contributed by atoms with E-state index in [4.69, 9.17) is 11.6 Å². The van der Waals surface area contributed by atoms with E-state index in [1.807, 2.05) is 18.2 Å². The van der Waals surface area contributed by atoms with Crippen molar-refractivity contribution in [2.75, 3.05) is 6.54 Å². The number of rotatable bonds is 4. The second-order valence-corrected chi connectivity index (χ2v) is 5.38. The third kappa shape index (κ3) is 3.44. The normalized spacial score (nSPS) is 26.1. The highest BCUT2D eigenvalue weighted by Crippen LogP contribution is 2.25. The molecule has 2 N–H and O–H groups in total. The highest BCUT2D eigenvalue weighted by Gasteiger charge is 2.25. The highest BCUT2D eigenvalue weighted by molar-refractivity contribution is 6.30. The van der Waals surface area contributed by atoms with Crippen LogP contribution < -0.4 is 5.32 Å². The molecule has 1 aromatic rings. The zero-order chi connectivity index (χ0) is 12.3. The van der Waals surface area contributed by atoms with Crippen LogP contribution in [-0.2, 0) is 0 Å². The zero-order valence-corrected chi connectivity index (χ0v) is 11.0. The van der Waals surface area contributed by atoms with Crippen LogP contribution in [0.15, 0.2) is 24.3 Å². The quantitative estimate of drug-likeness (QED) is 0.864. The van der Waals surface area contributed by atoms with E-state index in [1.165, 1.54) is 5.56 Å². The number of hydrogen-bond acceptors (Lipinski definition) is 2. The Bertz CT molecular complexity index is 369. The fourth-order valence-corrected chi connectivity index (χ4v) is 2.68. The van der Waals surface area contributed by atoms with E-state index in [2.05, 4.69) is 18.3 Å². The molecule has 0 amide bonds. The van der Waals surface area contributed by atoms with Crippen LogP contribution in [-0.4, -0.2) is 17.8 Å². The van der Waals surface area contributed by atoms with Gasteiger partial charge >= 0.3 is 0 Å². The molecule has 1 aliphatic rings. The van der Waals surface area contributed by atoms with Crippen LogP contribution in [0.3, 0.4) is 0 Å². The van der Waals surface area contributed by atoms with Gasteiger partial charge in [0.05, 0.1) is 6.10 Å². The Morgan fingerprint density at radius 3 is 2.94 bits per heavy atom. The molecule has 0 aliphatic heterocycles. The van der Waals surface area contributed by atoms with Crippen molar-refractivity contribution in [1.29, 1.82) is 0 Å². The van der Waals surface area contributed by atoms with Gasteiger partial charge < -0.3 is 10.4 Å². The minimum Gasteiger partial charge on any atom is -0.393 e. The molecule has 0 bridgehead atoms. The maximum absolute atomic E-state index is 9.76. The van der Waals surface area contributed by atoms with Crippen LogP contribution in [0.2, 0.25) is 5.02 Å². The molecule has 0 radical (unpaired) electrons. The van der Waals surface area contributed by atoms with Gasteiger partial charge in [-0.3, -0.25) is 0 Å². The summed E-state index contributed by atoms with van der Waals surface area (Å²) in [7, 11) is 0. The lowest BCUT2D eigenvalue weighted by Crippen LogP contribution is -2.29. The third-order valence-corrected chi connectivity index (χ3v) is 3.89. The molecule has 3 unspecified atom stereocenters. The lowest BCUT2D eigenvalue weighted by Gasteiger charge is -2.20. The molecule has 1 aromatic carbocycles. The average Bonchev–Trinajstić information content (AvgIpc) is 2.72. The van der Waals surface area contributed by atoms with Gasteiger partial charge in [-0.2, -0.15) is 0 Å². The van der Waals surface area contributed by atoms with Crippen molar-refractivity contribution < 1.29 is 5.11 Å². The van der Waals surface area contributed by atoms with Gasteiger partial charge in [0.15, 0.2) is 0 Å². The van der Waals surface area contributed by atoms with E-state index in [-0.39, 0.29) is 12.1 Å². The second-order valence-electron chi connectivity index (χ2n) is 4.94. The lowest BCUT2D eigenvalue weighted by molar-refractivity contribution is 0.130. The summed E-state index contributed by atoms with van der Waals surface area (Å²) in [5, 5.41) is 14.0. The molecule has 0 heterocycles. The Balaban J connectivity index is 1.86. The van der Waals surface area contributed by atoms with E-state index >= 15 is 0 Å². The molecule has 2 nitrogen and oxygen atoms in total. The largest absolute Gasteiger partial charge is 0.393 e. The van der Waals surface area contributed by atoms with E-state index in [0.29, 0.717) is 5.92 Å². The number of halogens is 1. The van der Waals surface area contributed by atoms with Gasteiger partial charge in [0.25, 0.3) is 0 Å². The molecule has 1 fully saturated rings. The van der Waals surface area contributed by atoms with Gasteiger partial charge in [0.1, 0.15) is 0 Å². The lowest BCUT2D eigenvalue weighted by atomic mass is 10.0. The fourth-order valence-electron chi connectivity index (χ4n) is 2.48. The molecule has 17 heavy (non-hydrogen) atoms. The number of benzene rings is 1. The maximum Gasteiger partial charge on any atom is 0.0580 e. The Morgan fingerprint density at radius 1 is 1.47 bits per heavy atom. The van der Waals surface area contributed by atoms with Crippen molar-refractivity contribution in [2.24, 2.45) is 5.92 Å². The highest BCUT2D eigenvalue weighted by atomic mass is 35.5. The van der Waals surface area contributed by atoms with Crippen LogP contribution in [0, 0.1) is 5.92 Å². The van der Waals surface area contributed by atoms with Gasteiger partial charge in [0, 0.05) is 17.6 Å². The van der Waals surface area contributed by atoms with Gasteiger partial charge in [-0.1, -0.05) is 30.2 Å². The summed E-state index contributed by atoms with van der Waals surface area (Å²) >= 11 is 5.97. The Kier molecular flexibility index (Phi) is 4.43. The first kappa shape index (κ1) is 12.9. The van der Waals surface area contributed by atoms with Crippen LogP contribution in [0.25, 0.3) is 0 Å². The molecular formula is C14H20ClNO. The van der Waals surface area contributed by atoms with Gasteiger partial charge in [-0.05, 0) is 43.4 Å². The third-order valence-electron chi connectivity index (χ3n) is 3.65. The first-order valence-corrected chi connectivity index (χ1v) is 6.71. The predicted molar refractivity (Wildman–Crippen MR) is 71.2 cm³/mol. The van der Waals surface area contributed by atoms with E-state index in [9.17, 15) is 5.11 Å². The molecular weight excluding hydrogens is 234 g/mol. The minimum absolute atomic E-state index is 0.117. The minimum atomic E-state index is -0.117. The summed E-state index contributed by atoms with van der Waals surface area (Å²) in [6.07, 6.45) is 3.13. The topological polar surface area (TPSA) is 32.3 Å². The molecule has 3 atom stereocenters. The standard InChI is InChI=1S/C14H20ClNO/c1-10(11-4-2-6-13(15)8-11)16-9-12-5-3-7-14(12)17/h2,4,6,8,10,12,14,16-17H,3,5,7,9H2,1H3. The summed E-state index contributed by atoms with van der Waals surface area (Å²) in [5.74, 6) is 0.414. The van der Waals surface area contributed by atoms with Crippen LogP contribution in [0.4, 0.5) is 0 Å². The molecule has 2 rings (SSSR count). The van der Waals surface area contributed by atoms with Gasteiger partial charge in [-0.25, -0.2) is 0 Å².